The second-order valence-electron chi connectivity index (χ2n) is 5.25. The summed E-state index contributed by atoms with van der Waals surface area (Å²) < 4.78 is 1.78. The van der Waals surface area contributed by atoms with Gasteiger partial charge in [0.05, 0.1) is 18.8 Å². The van der Waals surface area contributed by atoms with E-state index in [9.17, 15) is 4.79 Å². The quantitative estimate of drug-likeness (QED) is 0.830. The van der Waals surface area contributed by atoms with Crippen LogP contribution < -0.4 is 5.73 Å². The van der Waals surface area contributed by atoms with Gasteiger partial charge in [0.1, 0.15) is 0 Å². The van der Waals surface area contributed by atoms with Crippen LogP contribution in [-0.4, -0.2) is 58.2 Å². The molecule has 2 atom stereocenters. The number of nitrogens with two attached hydrogens (primary N) is 1. The molecular weight excluding hydrogens is 242 g/mol. The number of carbonyl (C=O) groups excluding carboxylic acids is 1. The van der Waals surface area contributed by atoms with Gasteiger partial charge in [-0.15, -0.1) is 0 Å². The van der Waals surface area contributed by atoms with Crippen LogP contribution in [0.2, 0.25) is 0 Å². The molecule has 0 radical (unpaired) electrons. The Balaban J connectivity index is 2.21. The van der Waals surface area contributed by atoms with Gasteiger partial charge in [0.15, 0.2) is 0 Å². The normalized spacial score (nSPS) is 20.6. The molecule has 1 aliphatic rings. The van der Waals surface area contributed by atoms with E-state index in [2.05, 4.69) is 16.9 Å². The molecule has 2 N–H and O–H groups in total. The third-order valence-electron chi connectivity index (χ3n) is 3.82. The summed E-state index contributed by atoms with van der Waals surface area (Å²) in [6, 6.07) is 0.0803. The fraction of sp³-hybridized carbons (Fsp3) is 0.692. The topological polar surface area (TPSA) is 67.4 Å². The third-order valence-corrected chi connectivity index (χ3v) is 3.82. The molecule has 1 aromatic heterocycles. The molecule has 0 spiro atoms. The first-order chi connectivity index (χ1) is 9.02. The minimum Gasteiger partial charge on any atom is -0.343 e. The van der Waals surface area contributed by atoms with Crippen molar-refractivity contribution in [2.75, 3.05) is 26.7 Å². The highest BCUT2D eigenvalue weighted by atomic mass is 16.2. The van der Waals surface area contributed by atoms with Crippen molar-refractivity contribution in [1.29, 1.82) is 0 Å². The highest BCUT2D eigenvalue weighted by molar-refractivity contribution is 5.78. The SMILES string of the molecule is CCC(N)C(c1cnn(C)c1)N1CCN(C)C(=O)C1. The lowest BCUT2D eigenvalue weighted by atomic mass is 9.98. The summed E-state index contributed by atoms with van der Waals surface area (Å²) in [6.07, 6.45) is 4.71. The van der Waals surface area contributed by atoms with Crippen molar-refractivity contribution in [2.24, 2.45) is 12.8 Å². The largest absolute Gasteiger partial charge is 0.343 e. The van der Waals surface area contributed by atoms with Gasteiger partial charge in [-0.25, -0.2) is 0 Å². The zero-order valence-corrected chi connectivity index (χ0v) is 11.9. The summed E-state index contributed by atoms with van der Waals surface area (Å²) in [5.74, 6) is 0.156. The summed E-state index contributed by atoms with van der Waals surface area (Å²) in [5, 5.41) is 4.22. The van der Waals surface area contributed by atoms with E-state index in [0.717, 1.165) is 25.1 Å². The molecule has 1 saturated heterocycles. The van der Waals surface area contributed by atoms with Gasteiger partial charge in [0.25, 0.3) is 0 Å². The van der Waals surface area contributed by atoms with Gasteiger partial charge in [-0.3, -0.25) is 14.4 Å². The van der Waals surface area contributed by atoms with E-state index >= 15 is 0 Å². The molecule has 1 amide bonds. The highest BCUT2D eigenvalue weighted by Crippen LogP contribution is 2.25. The second kappa shape index (κ2) is 5.71. The minimum absolute atomic E-state index is 0.0143. The molecule has 0 saturated carbocycles. The van der Waals surface area contributed by atoms with Crippen molar-refractivity contribution in [3.8, 4) is 0 Å². The lowest BCUT2D eigenvalue weighted by Crippen LogP contribution is -2.52. The van der Waals surface area contributed by atoms with E-state index in [0.29, 0.717) is 6.54 Å². The van der Waals surface area contributed by atoms with E-state index < -0.39 is 0 Å². The van der Waals surface area contributed by atoms with E-state index in [-0.39, 0.29) is 18.0 Å². The monoisotopic (exact) mass is 265 g/mol. The standard InChI is InChI=1S/C13H23N5O/c1-4-11(14)13(10-7-15-17(3)8-10)18-6-5-16(2)12(19)9-18/h7-8,11,13H,4-6,9,14H2,1-3H3. The second-order valence-corrected chi connectivity index (χ2v) is 5.25. The van der Waals surface area contributed by atoms with Gasteiger partial charge < -0.3 is 10.6 Å². The number of amides is 1. The lowest BCUT2D eigenvalue weighted by molar-refractivity contribution is -0.135. The van der Waals surface area contributed by atoms with Gasteiger partial charge in [0.2, 0.25) is 5.91 Å². The number of likely N-dealkylation sites (N-methyl/N-ethyl adjacent to an activating group) is 1. The van der Waals surface area contributed by atoms with E-state index in [1.807, 2.05) is 26.5 Å². The molecule has 0 aliphatic carbocycles. The van der Waals surface area contributed by atoms with E-state index in [1.54, 1.807) is 9.58 Å². The molecule has 2 unspecified atom stereocenters. The summed E-state index contributed by atoms with van der Waals surface area (Å²) in [7, 11) is 3.74. The van der Waals surface area contributed by atoms with E-state index in [1.165, 1.54) is 0 Å². The Labute approximate surface area is 114 Å². The zero-order chi connectivity index (χ0) is 14.0. The summed E-state index contributed by atoms with van der Waals surface area (Å²) >= 11 is 0. The number of hydrogen-bond donors (Lipinski definition) is 1. The summed E-state index contributed by atoms with van der Waals surface area (Å²) in [5.41, 5.74) is 7.36. The average Bonchev–Trinajstić information content (AvgIpc) is 2.80. The molecule has 0 bridgehead atoms. The van der Waals surface area contributed by atoms with Gasteiger partial charge in [-0.1, -0.05) is 6.92 Å². The number of aromatic nitrogens is 2. The molecule has 2 heterocycles. The maximum atomic E-state index is 11.9. The van der Waals surface area contributed by atoms with Crippen LogP contribution >= 0.6 is 0 Å². The fourth-order valence-corrected chi connectivity index (χ4v) is 2.56. The van der Waals surface area contributed by atoms with Gasteiger partial charge >= 0.3 is 0 Å². The van der Waals surface area contributed by atoms with Crippen LogP contribution in [0.25, 0.3) is 0 Å². The smallest absolute Gasteiger partial charge is 0.236 e. The molecule has 0 aromatic carbocycles. The molecule has 6 nitrogen and oxygen atoms in total. The first kappa shape index (κ1) is 14.0. The van der Waals surface area contributed by atoms with Crippen LogP contribution in [0.5, 0.6) is 0 Å². The van der Waals surface area contributed by atoms with Crippen LogP contribution in [0.4, 0.5) is 0 Å². The number of aryl methyl sites for hydroxylation is 1. The molecule has 1 aliphatic heterocycles. The minimum atomic E-state index is 0.0143. The highest BCUT2D eigenvalue weighted by Gasteiger charge is 2.31. The first-order valence-electron chi connectivity index (χ1n) is 6.75. The lowest BCUT2D eigenvalue weighted by Gasteiger charge is -2.39. The van der Waals surface area contributed by atoms with Crippen molar-refractivity contribution in [3.63, 3.8) is 0 Å². The number of carbonyl (C=O) groups is 1. The van der Waals surface area contributed by atoms with Gasteiger partial charge in [-0.2, -0.15) is 5.10 Å². The molecule has 6 heteroatoms. The van der Waals surface area contributed by atoms with Crippen LogP contribution in [0.3, 0.4) is 0 Å². The Morgan fingerprint density at radius 3 is 2.68 bits per heavy atom. The number of hydrogen-bond acceptors (Lipinski definition) is 4. The van der Waals surface area contributed by atoms with Crippen LogP contribution in [0, 0.1) is 0 Å². The Kier molecular flexibility index (Phi) is 4.21. The first-order valence-corrected chi connectivity index (χ1v) is 6.75. The summed E-state index contributed by atoms with van der Waals surface area (Å²) in [6.45, 7) is 4.12. The number of piperazine rings is 1. The number of nitrogens with zero attached hydrogens (tertiary/aromatic N) is 4. The third kappa shape index (κ3) is 2.96. The van der Waals surface area contributed by atoms with Crippen molar-refractivity contribution < 1.29 is 4.79 Å². The molecular formula is C13H23N5O. The van der Waals surface area contributed by atoms with Crippen LogP contribution in [-0.2, 0) is 11.8 Å². The predicted molar refractivity (Wildman–Crippen MR) is 73.4 cm³/mol. The fourth-order valence-electron chi connectivity index (χ4n) is 2.56. The zero-order valence-electron chi connectivity index (χ0n) is 11.9. The Hall–Kier alpha value is -1.40. The Morgan fingerprint density at radius 2 is 2.16 bits per heavy atom. The summed E-state index contributed by atoms with van der Waals surface area (Å²) in [4.78, 5) is 15.8. The van der Waals surface area contributed by atoms with Gasteiger partial charge in [0, 0.05) is 45.0 Å². The van der Waals surface area contributed by atoms with Crippen molar-refractivity contribution in [2.45, 2.75) is 25.4 Å². The Bertz CT molecular complexity index is 444. The van der Waals surface area contributed by atoms with Crippen LogP contribution in [0.15, 0.2) is 12.4 Å². The van der Waals surface area contributed by atoms with Crippen molar-refractivity contribution in [1.82, 2.24) is 19.6 Å². The Morgan fingerprint density at radius 1 is 1.42 bits per heavy atom. The molecule has 2 rings (SSSR count). The number of rotatable bonds is 4. The molecule has 19 heavy (non-hydrogen) atoms. The predicted octanol–water partition coefficient (Wildman–Crippen LogP) is -0.0275. The van der Waals surface area contributed by atoms with Crippen molar-refractivity contribution >= 4 is 5.91 Å². The average molecular weight is 265 g/mol. The molecule has 106 valence electrons. The molecule has 1 fully saturated rings. The van der Waals surface area contributed by atoms with Gasteiger partial charge in [-0.05, 0) is 6.42 Å². The molecule has 1 aromatic rings. The van der Waals surface area contributed by atoms with E-state index in [4.69, 9.17) is 5.73 Å². The maximum absolute atomic E-state index is 11.9. The van der Waals surface area contributed by atoms with Crippen LogP contribution in [0.1, 0.15) is 24.9 Å². The maximum Gasteiger partial charge on any atom is 0.236 e. The van der Waals surface area contributed by atoms with Crippen molar-refractivity contribution in [3.05, 3.63) is 18.0 Å².